The number of rotatable bonds is 13. The molecule has 11 heteroatoms. The third-order valence-corrected chi connectivity index (χ3v) is 6.51. The molecule has 0 aliphatic rings. The number of carbonyl (C=O) groups is 1. The largest absolute Gasteiger partial charge is 0.395 e. The number of pyridine rings is 1. The van der Waals surface area contributed by atoms with Gasteiger partial charge in [-0.15, -0.1) is 0 Å². The van der Waals surface area contributed by atoms with Crippen LogP contribution in [0.5, 0.6) is 0 Å². The number of aliphatic hydroxyl groups is 1. The molecule has 0 saturated carbocycles. The second-order valence-electron chi connectivity index (χ2n) is 9.65. The number of nitrogens with one attached hydrogen (secondary N) is 3. The molecule has 0 spiro atoms. The third-order valence-electron chi connectivity index (χ3n) is 6.51. The minimum Gasteiger partial charge on any atom is -0.395 e. The van der Waals surface area contributed by atoms with Gasteiger partial charge in [0.25, 0.3) is 5.91 Å². The monoisotopic (exact) mass is 543 g/mol. The first-order valence-electron chi connectivity index (χ1n) is 13.4. The second kappa shape index (κ2) is 13.6. The standard InChI is InChI=1S/C29H37N9O2/c1-5-6-7-21-17-31-11-10-24(21)29(40)34-22-9-8-20(2)25(14-22)35-28-15-23(18-37(4)12-13-39)36-38(28)27-16-26(30-3)32-19-33-27/h8-11,14-17,19,35,39H,5-7,12-13,18H2,1-4H3,(H,34,40)(H,30,32,33). The summed E-state index contributed by atoms with van der Waals surface area (Å²) in [7, 11) is 3.73. The third kappa shape index (κ3) is 7.19. The first-order chi connectivity index (χ1) is 19.4. The Morgan fingerprint density at radius 2 is 2.00 bits per heavy atom. The number of hydrogen-bond donors (Lipinski definition) is 4. The summed E-state index contributed by atoms with van der Waals surface area (Å²) in [5.41, 5.74) is 4.87. The molecular weight excluding hydrogens is 506 g/mol. The number of aryl methyl sites for hydroxylation is 2. The molecule has 4 rings (SSSR count). The Labute approximate surface area is 234 Å². The van der Waals surface area contributed by atoms with Crippen LogP contribution in [0.15, 0.2) is 55.1 Å². The van der Waals surface area contributed by atoms with Gasteiger partial charge in [0.1, 0.15) is 18.0 Å². The number of hydrogen-bond acceptors (Lipinski definition) is 9. The molecule has 11 nitrogen and oxygen atoms in total. The van der Waals surface area contributed by atoms with Gasteiger partial charge in [-0.3, -0.25) is 14.7 Å². The van der Waals surface area contributed by atoms with E-state index in [1.165, 1.54) is 6.33 Å². The summed E-state index contributed by atoms with van der Waals surface area (Å²) in [6, 6.07) is 11.3. The van der Waals surface area contributed by atoms with Crippen molar-refractivity contribution in [2.45, 2.75) is 39.7 Å². The number of nitrogens with zero attached hydrogens (tertiary/aromatic N) is 6. The summed E-state index contributed by atoms with van der Waals surface area (Å²) in [4.78, 5) is 28.0. The van der Waals surface area contributed by atoms with Crippen LogP contribution in [0, 0.1) is 6.92 Å². The van der Waals surface area contributed by atoms with Crippen molar-refractivity contribution in [2.24, 2.45) is 0 Å². The zero-order chi connectivity index (χ0) is 28.5. The number of amides is 1. The van der Waals surface area contributed by atoms with Gasteiger partial charge in [0.2, 0.25) is 0 Å². The summed E-state index contributed by atoms with van der Waals surface area (Å²) in [6.07, 6.45) is 7.76. The fourth-order valence-electron chi connectivity index (χ4n) is 4.28. The smallest absolute Gasteiger partial charge is 0.256 e. The quantitative estimate of drug-likeness (QED) is 0.196. The van der Waals surface area contributed by atoms with Crippen molar-refractivity contribution >= 4 is 28.9 Å². The molecule has 0 aliphatic carbocycles. The van der Waals surface area contributed by atoms with Gasteiger partial charge in [-0.2, -0.15) is 9.78 Å². The van der Waals surface area contributed by atoms with Crippen molar-refractivity contribution < 1.29 is 9.90 Å². The Hall–Kier alpha value is -4.35. The molecule has 1 aromatic carbocycles. The van der Waals surface area contributed by atoms with Crippen LogP contribution in [-0.2, 0) is 13.0 Å². The van der Waals surface area contributed by atoms with Crippen molar-refractivity contribution in [3.63, 3.8) is 0 Å². The van der Waals surface area contributed by atoms with Crippen molar-refractivity contribution in [1.82, 2.24) is 29.6 Å². The Bertz CT molecular complexity index is 1440. The van der Waals surface area contributed by atoms with Gasteiger partial charge in [0.15, 0.2) is 5.82 Å². The van der Waals surface area contributed by atoms with Crippen LogP contribution < -0.4 is 16.0 Å². The van der Waals surface area contributed by atoms with Crippen LogP contribution in [-0.4, -0.2) is 67.9 Å². The van der Waals surface area contributed by atoms with Crippen LogP contribution in [0.2, 0.25) is 0 Å². The number of benzene rings is 1. The lowest BCUT2D eigenvalue weighted by atomic mass is 10.0. The van der Waals surface area contributed by atoms with Crippen molar-refractivity contribution in [3.8, 4) is 5.82 Å². The molecule has 40 heavy (non-hydrogen) atoms. The van der Waals surface area contributed by atoms with Gasteiger partial charge >= 0.3 is 0 Å². The SMILES string of the molecule is CCCCc1cnccc1C(=O)Nc1ccc(C)c(Nc2cc(CN(C)CCO)nn2-c2cc(NC)ncn2)c1. The lowest BCUT2D eigenvalue weighted by Crippen LogP contribution is -2.21. The molecule has 0 saturated heterocycles. The zero-order valence-corrected chi connectivity index (χ0v) is 23.5. The van der Waals surface area contributed by atoms with Crippen LogP contribution in [0.25, 0.3) is 5.82 Å². The highest BCUT2D eigenvalue weighted by molar-refractivity contribution is 6.05. The molecule has 4 N–H and O–H groups in total. The van der Waals surface area contributed by atoms with Crippen LogP contribution in [0.3, 0.4) is 0 Å². The average Bonchev–Trinajstić information content (AvgIpc) is 3.35. The van der Waals surface area contributed by atoms with Crippen molar-refractivity contribution in [3.05, 3.63) is 77.5 Å². The van der Waals surface area contributed by atoms with E-state index in [9.17, 15) is 9.90 Å². The fraction of sp³-hybridized carbons (Fsp3) is 0.345. The maximum absolute atomic E-state index is 13.2. The van der Waals surface area contributed by atoms with Crippen LogP contribution in [0.1, 0.15) is 46.9 Å². The first kappa shape index (κ1) is 28.7. The van der Waals surface area contributed by atoms with E-state index in [0.29, 0.717) is 41.8 Å². The molecule has 0 unspecified atom stereocenters. The van der Waals surface area contributed by atoms with E-state index < -0.39 is 0 Å². The van der Waals surface area contributed by atoms with Gasteiger partial charge in [0, 0.05) is 61.6 Å². The van der Waals surface area contributed by atoms with E-state index in [1.807, 2.05) is 49.2 Å². The summed E-state index contributed by atoms with van der Waals surface area (Å²) in [5, 5.41) is 23.7. The molecule has 0 atom stereocenters. The Balaban J connectivity index is 1.62. The van der Waals surface area contributed by atoms with E-state index >= 15 is 0 Å². The van der Waals surface area contributed by atoms with Gasteiger partial charge in [-0.1, -0.05) is 19.4 Å². The molecule has 4 aromatic rings. The average molecular weight is 544 g/mol. The lowest BCUT2D eigenvalue weighted by molar-refractivity contribution is 0.102. The maximum atomic E-state index is 13.2. The first-order valence-corrected chi connectivity index (χ1v) is 13.4. The van der Waals surface area contributed by atoms with Crippen LogP contribution >= 0.6 is 0 Å². The van der Waals surface area contributed by atoms with Crippen LogP contribution in [0.4, 0.5) is 23.0 Å². The molecule has 0 radical (unpaired) electrons. The maximum Gasteiger partial charge on any atom is 0.256 e. The number of likely N-dealkylation sites (N-methyl/N-ethyl adjacent to an activating group) is 1. The molecule has 3 heterocycles. The van der Waals surface area contributed by atoms with Gasteiger partial charge in [0.05, 0.1) is 12.3 Å². The number of carbonyl (C=O) groups excluding carboxylic acids is 1. The van der Waals surface area contributed by atoms with Crippen molar-refractivity contribution in [2.75, 3.05) is 43.2 Å². The highest BCUT2D eigenvalue weighted by Gasteiger charge is 2.16. The normalized spacial score (nSPS) is 11.1. The van der Waals surface area contributed by atoms with E-state index in [2.05, 4.69) is 37.8 Å². The van der Waals surface area contributed by atoms with Gasteiger partial charge < -0.3 is 21.1 Å². The highest BCUT2D eigenvalue weighted by atomic mass is 16.3. The zero-order valence-electron chi connectivity index (χ0n) is 23.5. The number of aliphatic hydroxyl groups excluding tert-OH is 1. The number of aromatic nitrogens is 5. The molecule has 210 valence electrons. The molecule has 1 amide bonds. The van der Waals surface area contributed by atoms with E-state index in [4.69, 9.17) is 5.10 Å². The predicted molar refractivity (Wildman–Crippen MR) is 157 cm³/mol. The van der Waals surface area contributed by atoms with E-state index in [0.717, 1.165) is 41.8 Å². The molecule has 0 aliphatic heterocycles. The second-order valence-corrected chi connectivity index (χ2v) is 9.65. The van der Waals surface area contributed by atoms with E-state index in [-0.39, 0.29) is 12.5 Å². The Morgan fingerprint density at radius 1 is 1.15 bits per heavy atom. The lowest BCUT2D eigenvalue weighted by Gasteiger charge is -2.14. The van der Waals surface area contributed by atoms with Gasteiger partial charge in [-0.25, -0.2) is 9.97 Å². The minimum absolute atomic E-state index is 0.0665. The Morgan fingerprint density at radius 3 is 2.77 bits per heavy atom. The van der Waals surface area contributed by atoms with Gasteiger partial charge in [-0.05, 0) is 56.1 Å². The Kier molecular flexibility index (Phi) is 9.76. The summed E-state index contributed by atoms with van der Waals surface area (Å²) >= 11 is 0. The fourth-order valence-corrected chi connectivity index (χ4v) is 4.28. The molecule has 0 bridgehead atoms. The summed E-state index contributed by atoms with van der Waals surface area (Å²) in [5.74, 6) is 1.80. The molecule has 0 fully saturated rings. The summed E-state index contributed by atoms with van der Waals surface area (Å²) in [6.45, 7) is 5.28. The molecule has 3 aromatic heterocycles. The predicted octanol–water partition coefficient (Wildman–Crippen LogP) is 4.17. The molecular formula is C29H37N9O2. The summed E-state index contributed by atoms with van der Waals surface area (Å²) < 4.78 is 1.73. The van der Waals surface area contributed by atoms with E-state index in [1.54, 1.807) is 30.2 Å². The topological polar surface area (TPSA) is 133 Å². The highest BCUT2D eigenvalue weighted by Crippen LogP contribution is 2.27. The number of unbranched alkanes of at least 4 members (excludes halogenated alkanes) is 1. The van der Waals surface area contributed by atoms with Crippen molar-refractivity contribution in [1.29, 1.82) is 0 Å². The minimum atomic E-state index is -0.164. The number of anilines is 4.